The highest BCUT2D eigenvalue weighted by atomic mass is 16.3. The van der Waals surface area contributed by atoms with Crippen molar-refractivity contribution in [2.24, 2.45) is 0 Å². The molecule has 4 heteroatoms. The Kier molecular flexibility index (Phi) is 4.52. The van der Waals surface area contributed by atoms with Crippen LogP contribution in [0.1, 0.15) is 34.8 Å². The molecule has 0 spiro atoms. The number of carbonyl (C=O) groups is 1. The molecule has 2 heterocycles. The molecule has 1 aromatic carbocycles. The Labute approximate surface area is 135 Å². The zero-order valence-electron chi connectivity index (χ0n) is 12.9. The van der Waals surface area contributed by atoms with Crippen LogP contribution in [0.2, 0.25) is 0 Å². The van der Waals surface area contributed by atoms with Crippen LogP contribution in [0.3, 0.4) is 0 Å². The van der Waals surface area contributed by atoms with Crippen LogP contribution in [0.15, 0.2) is 77.5 Å². The first-order valence-electron chi connectivity index (χ1n) is 7.55. The van der Waals surface area contributed by atoms with E-state index in [2.05, 4.69) is 4.98 Å². The molecule has 0 radical (unpaired) electrons. The van der Waals surface area contributed by atoms with Gasteiger partial charge in [0.2, 0.25) is 0 Å². The van der Waals surface area contributed by atoms with Gasteiger partial charge < -0.3 is 9.32 Å². The average molecular weight is 306 g/mol. The van der Waals surface area contributed by atoms with Gasteiger partial charge in [0.25, 0.3) is 5.91 Å². The summed E-state index contributed by atoms with van der Waals surface area (Å²) in [5.74, 6) is 0.195. The van der Waals surface area contributed by atoms with Crippen LogP contribution in [0.4, 0.5) is 0 Å². The van der Waals surface area contributed by atoms with Crippen molar-refractivity contribution in [3.05, 3.63) is 90.1 Å². The van der Waals surface area contributed by atoms with Crippen molar-refractivity contribution in [3.63, 3.8) is 0 Å². The minimum Gasteiger partial charge on any atom is -0.459 e. The summed E-state index contributed by atoms with van der Waals surface area (Å²) in [6.45, 7) is 2.44. The van der Waals surface area contributed by atoms with Crippen molar-refractivity contribution in [2.45, 2.75) is 19.5 Å². The van der Waals surface area contributed by atoms with Crippen molar-refractivity contribution in [3.8, 4) is 0 Å². The van der Waals surface area contributed by atoms with E-state index in [0.29, 0.717) is 12.3 Å². The third kappa shape index (κ3) is 3.48. The van der Waals surface area contributed by atoms with E-state index in [1.54, 1.807) is 23.2 Å². The normalized spacial score (nSPS) is 11.9. The van der Waals surface area contributed by atoms with Crippen LogP contribution >= 0.6 is 0 Å². The molecule has 3 aromatic rings. The second-order valence-corrected chi connectivity index (χ2v) is 5.32. The number of amides is 1. The first-order valence-corrected chi connectivity index (χ1v) is 7.55. The first-order chi connectivity index (χ1) is 11.3. The number of hydrogen-bond donors (Lipinski definition) is 0. The molecule has 0 aliphatic carbocycles. The summed E-state index contributed by atoms with van der Waals surface area (Å²) in [5.41, 5.74) is 1.92. The van der Waals surface area contributed by atoms with Gasteiger partial charge in [-0.3, -0.25) is 9.78 Å². The molecule has 0 bridgehead atoms. The molecule has 1 amide bonds. The molecule has 116 valence electrons. The minimum atomic E-state index is -0.142. The van der Waals surface area contributed by atoms with E-state index in [-0.39, 0.29) is 11.9 Å². The lowest BCUT2D eigenvalue weighted by atomic mass is 10.1. The molecule has 0 saturated heterocycles. The van der Waals surface area contributed by atoms with Crippen molar-refractivity contribution in [2.75, 3.05) is 0 Å². The third-order valence-electron chi connectivity index (χ3n) is 3.80. The summed E-state index contributed by atoms with van der Waals surface area (Å²) in [4.78, 5) is 18.9. The maximum atomic E-state index is 12.8. The van der Waals surface area contributed by atoms with Gasteiger partial charge in [0.05, 0.1) is 24.5 Å². The van der Waals surface area contributed by atoms with Gasteiger partial charge in [-0.1, -0.05) is 36.4 Å². The van der Waals surface area contributed by atoms with E-state index in [0.717, 1.165) is 11.3 Å². The first kappa shape index (κ1) is 15.0. The predicted octanol–water partition coefficient (Wildman–Crippen LogP) is 4.08. The number of nitrogens with zero attached hydrogens (tertiary/aromatic N) is 2. The number of carbonyl (C=O) groups excluding carboxylic acids is 1. The number of rotatable bonds is 5. The lowest BCUT2D eigenvalue weighted by Crippen LogP contribution is -2.33. The molecule has 1 atom stereocenters. The number of pyridine rings is 1. The molecule has 23 heavy (non-hydrogen) atoms. The second-order valence-electron chi connectivity index (χ2n) is 5.32. The van der Waals surface area contributed by atoms with Crippen LogP contribution in [0.25, 0.3) is 0 Å². The van der Waals surface area contributed by atoms with E-state index in [9.17, 15) is 4.79 Å². The SMILES string of the molecule is C[C@H](c1ccccc1)N(Cc1ccccn1)C(=O)c1ccco1. The average Bonchev–Trinajstić information content (AvgIpc) is 3.15. The van der Waals surface area contributed by atoms with Gasteiger partial charge >= 0.3 is 0 Å². The van der Waals surface area contributed by atoms with Crippen LogP contribution in [0.5, 0.6) is 0 Å². The van der Waals surface area contributed by atoms with E-state index in [1.165, 1.54) is 6.26 Å². The van der Waals surface area contributed by atoms with E-state index < -0.39 is 0 Å². The molecule has 0 unspecified atom stereocenters. The standard InChI is InChI=1S/C19H18N2O2/c1-15(16-8-3-2-4-9-16)21(14-17-10-5-6-12-20-17)19(22)18-11-7-13-23-18/h2-13,15H,14H2,1H3/t15-/m1/s1. The van der Waals surface area contributed by atoms with Gasteiger partial charge in [0, 0.05) is 6.20 Å². The lowest BCUT2D eigenvalue weighted by molar-refractivity contribution is 0.0638. The molecule has 0 aliphatic rings. The number of benzene rings is 1. The smallest absolute Gasteiger partial charge is 0.290 e. The fourth-order valence-electron chi connectivity index (χ4n) is 2.50. The Bertz CT molecular complexity index is 740. The highest BCUT2D eigenvalue weighted by Gasteiger charge is 2.25. The lowest BCUT2D eigenvalue weighted by Gasteiger charge is -2.28. The summed E-state index contributed by atoms with van der Waals surface area (Å²) in [7, 11) is 0. The molecule has 0 fully saturated rings. The Hall–Kier alpha value is -2.88. The van der Waals surface area contributed by atoms with Crippen LogP contribution in [0, 0.1) is 0 Å². The van der Waals surface area contributed by atoms with Crippen LogP contribution < -0.4 is 0 Å². The van der Waals surface area contributed by atoms with E-state index in [4.69, 9.17) is 4.42 Å². The highest BCUT2D eigenvalue weighted by molar-refractivity contribution is 5.91. The molecular formula is C19H18N2O2. The molecule has 0 saturated carbocycles. The second kappa shape index (κ2) is 6.92. The van der Waals surface area contributed by atoms with Gasteiger partial charge in [-0.25, -0.2) is 0 Å². The monoisotopic (exact) mass is 306 g/mol. The summed E-state index contributed by atoms with van der Waals surface area (Å²) >= 11 is 0. The van der Waals surface area contributed by atoms with Crippen molar-refractivity contribution >= 4 is 5.91 Å². The zero-order valence-corrected chi connectivity index (χ0v) is 12.9. The van der Waals surface area contributed by atoms with Crippen molar-refractivity contribution < 1.29 is 9.21 Å². The van der Waals surface area contributed by atoms with Gasteiger partial charge in [-0.05, 0) is 36.8 Å². The van der Waals surface area contributed by atoms with Crippen molar-refractivity contribution in [1.82, 2.24) is 9.88 Å². The fraction of sp³-hybridized carbons (Fsp3) is 0.158. The molecular weight excluding hydrogens is 288 g/mol. The summed E-state index contributed by atoms with van der Waals surface area (Å²) in [6.07, 6.45) is 3.25. The molecule has 4 nitrogen and oxygen atoms in total. The third-order valence-corrected chi connectivity index (χ3v) is 3.80. The largest absolute Gasteiger partial charge is 0.459 e. The zero-order chi connectivity index (χ0) is 16.1. The predicted molar refractivity (Wildman–Crippen MR) is 87.7 cm³/mol. The summed E-state index contributed by atoms with van der Waals surface area (Å²) in [6, 6.07) is 19.0. The number of hydrogen-bond acceptors (Lipinski definition) is 3. The van der Waals surface area contributed by atoms with Gasteiger partial charge in [0.1, 0.15) is 0 Å². The highest BCUT2D eigenvalue weighted by Crippen LogP contribution is 2.24. The van der Waals surface area contributed by atoms with E-state index >= 15 is 0 Å². The molecule has 0 N–H and O–H groups in total. The van der Waals surface area contributed by atoms with E-state index in [1.807, 2.05) is 55.5 Å². The Morgan fingerprint density at radius 1 is 1.09 bits per heavy atom. The minimum absolute atomic E-state index is 0.0872. The van der Waals surface area contributed by atoms with Crippen LogP contribution in [-0.4, -0.2) is 15.8 Å². The van der Waals surface area contributed by atoms with Gasteiger partial charge in [-0.15, -0.1) is 0 Å². The summed E-state index contributed by atoms with van der Waals surface area (Å²) in [5, 5.41) is 0. The summed E-state index contributed by atoms with van der Waals surface area (Å²) < 4.78 is 5.29. The fourth-order valence-corrected chi connectivity index (χ4v) is 2.50. The van der Waals surface area contributed by atoms with Gasteiger partial charge in [0.15, 0.2) is 5.76 Å². The molecule has 3 rings (SSSR count). The Morgan fingerprint density at radius 3 is 2.52 bits per heavy atom. The number of aromatic nitrogens is 1. The van der Waals surface area contributed by atoms with Crippen molar-refractivity contribution in [1.29, 1.82) is 0 Å². The van der Waals surface area contributed by atoms with Gasteiger partial charge in [-0.2, -0.15) is 0 Å². The quantitative estimate of drug-likeness (QED) is 0.713. The number of furan rings is 1. The Morgan fingerprint density at radius 2 is 1.87 bits per heavy atom. The molecule has 2 aromatic heterocycles. The topological polar surface area (TPSA) is 46.3 Å². The maximum absolute atomic E-state index is 12.8. The Balaban J connectivity index is 1.91. The van der Waals surface area contributed by atoms with Crippen LogP contribution in [-0.2, 0) is 6.54 Å². The molecule has 0 aliphatic heterocycles. The maximum Gasteiger partial charge on any atom is 0.290 e.